The lowest BCUT2D eigenvalue weighted by atomic mass is 10.2. The number of nitrogens with one attached hydrogen (secondary N) is 2. The summed E-state index contributed by atoms with van der Waals surface area (Å²) in [6, 6.07) is 0.234. The molecule has 0 radical (unpaired) electrons. The number of thiazole rings is 1. The smallest absolute Gasteiger partial charge is 0.345 e. The maximum atomic E-state index is 11.9. The zero-order valence-corrected chi connectivity index (χ0v) is 11.6. The number of hydrogen-bond acceptors (Lipinski definition) is 8. The SMILES string of the molecule is COC(=O)c1c(NC2CNC2)nn(-c2nccs2)c1N. The summed E-state index contributed by atoms with van der Waals surface area (Å²) in [5, 5.41) is 13.1. The highest BCUT2D eigenvalue weighted by molar-refractivity contribution is 7.12. The van der Waals surface area contributed by atoms with Crippen molar-refractivity contribution in [3.05, 3.63) is 17.1 Å². The monoisotopic (exact) mass is 294 g/mol. The third-order valence-electron chi connectivity index (χ3n) is 3.03. The Labute approximate surface area is 118 Å². The molecule has 1 aliphatic heterocycles. The lowest BCUT2D eigenvalue weighted by Crippen LogP contribution is -2.51. The maximum Gasteiger partial charge on any atom is 0.345 e. The standard InChI is InChI=1S/C11H14N6O2S/c1-19-10(18)7-8(12)17(11-14-2-3-20-11)16-9(7)15-6-4-13-5-6/h2-3,6,13H,4-5,12H2,1H3,(H,15,16). The largest absolute Gasteiger partial charge is 0.465 e. The van der Waals surface area contributed by atoms with Crippen molar-refractivity contribution in [2.24, 2.45) is 0 Å². The molecular formula is C11H14N6O2S. The third-order valence-corrected chi connectivity index (χ3v) is 3.78. The van der Waals surface area contributed by atoms with Crippen LogP contribution >= 0.6 is 11.3 Å². The predicted octanol–water partition coefficient (Wildman–Crippen LogP) is 0.0813. The van der Waals surface area contributed by atoms with E-state index in [1.807, 2.05) is 5.38 Å². The van der Waals surface area contributed by atoms with Crippen LogP contribution in [0, 0.1) is 0 Å². The van der Waals surface area contributed by atoms with Crippen molar-refractivity contribution in [3.63, 3.8) is 0 Å². The average molecular weight is 294 g/mol. The van der Waals surface area contributed by atoms with E-state index in [4.69, 9.17) is 10.5 Å². The van der Waals surface area contributed by atoms with Crippen LogP contribution in [-0.4, -0.2) is 47.0 Å². The summed E-state index contributed by atoms with van der Waals surface area (Å²) in [6.45, 7) is 1.65. The molecule has 3 heterocycles. The molecule has 20 heavy (non-hydrogen) atoms. The van der Waals surface area contributed by atoms with Gasteiger partial charge in [-0.15, -0.1) is 16.4 Å². The molecule has 2 aromatic rings. The Morgan fingerprint density at radius 2 is 2.45 bits per heavy atom. The molecule has 1 saturated heterocycles. The molecule has 9 heteroatoms. The lowest BCUT2D eigenvalue weighted by Gasteiger charge is -2.28. The first-order chi connectivity index (χ1) is 9.70. The van der Waals surface area contributed by atoms with E-state index in [-0.39, 0.29) is 17.4 Å². The fourth-order valence-corrected chi connectivity index (χ4v) is 2.49. The first kappa shape index (κ1) is 12.9. The summed E-state index contributed by atoms with van der Waals surface area (Å²) in [5.41, 5.74) is 6.26. The second-order valence-corrected chi connectivity index (χ2v) is 5.20. The molecule has 3 rings (SSSR count). The molecule has 1 aliphatic rings. The van der Waals surface area contributed by atoms with E-state index in [0.29, 0.717) is 10.9 Å². The van der Waals surface area contributed by atoms with Gasteiger partial charge in [0.1, 0.15) is 11.4 Å². The minimum Gasteiger partial charge on any atom is -0.465 e. The van der Waals surface area contributed by atoms with Crippen molar-refractivity contribution in [1.82, 2.24) is 20.1 Å². The van der Waals surface area contributed by atoms with Crippen molar-refractivity contribution < 1.29 is 9.53 Å². The third kappa shape index (κ3) is 2.10. The van der Waals surface area contributed by atoms with E-state index in [2.05, 4.69) is 20.7 Å². The van der Waals surface area contributed by atoms with E-state index in [9.17, 15) is 4.79 Å². The topological polar surface area (TPSA) is 107 Å². The molecule has 8 nitrogen and oxygen atoms in total. The van der Waals surface area contributed by atoms with Crippen molar-refractivity contribution in [2.45, 2.75) is 6.04 Å². The normalized spacial score (nSPS) is 14.8. The molecule has 0 aromatic carbocycles. The molecule has 1 fully saturated rings. The van der Waals surface area contributed by atoms with Crippen molar-refractivity contribution in [3.8, 4) is 5.13 Å². The summed E-state index contributed by atoms with van der Waals surface area (Å²) in [5.74, 6) is 0.137. The van der Waals surface area contributed by atoms with E-state index in [1.165, 1.54) is 23.1 Å². The molecule has 0 unspecified atom stereocenters. The highest BCUT2D eigenvalue weighted by atomic mass is 32.1. The Morgan fingerprint density at radius 1 is 1.65 bits per heavy atom. The van der Waals surface area contributed by atoms with Gasteiger partial charge in [-0.1, -0.05) is 0 Å². The van der Waals surface area contributed by atoms with Crippen LogP contribution in [0.2, 0.25) is 0 Å². The molecule has 106 valence electrons. The first-order valence-corrected chi connectivity index (χ1v) is 6.92. The van der Waals surface area contributed by atoms with Gasteiger partial charge >= 0.3 is 5.97 Å². The minimum absolute atomic E-state index is 0.224. The van der Waals surface area contributed by atoms with Crippen LogP contribution in [0.25, 0.3) is 5.13 Å². The number of esters is 1. The number of rotatable bonds is 4. The fourth-order valence-electron chi connectivity index (χ4n) is 1.89. The van der Waals surface area contributed by atoms with Gasteiger partial charge in [-0.25, -0.2) is 9.78 Å². The predicted molar refractivity (Wildman–Crippen MR) is 75.3 cm³/mol. The van der Waals surface area contributed by atoms with E-state index >= 15 is 0 Å². The molecule has 0 atom stereocenters. The number of carbonyl (C=O) groups excluding carboxylic acids is 1. The van der Waals surface area contributed by atoms with Gasteiger partial charge in [-0.2, -0.15) is 4.68 Å². The van der Waals surface area contributed by atoms with Crippen LogP contribution in [0.15, 0.2) is 11.6 Å². The van der Waals surface area contributed by atoms with Gasteiger partial charge < -0.3 is 21.1 Å². The molecule has 4 N–H and O–H groups in total. The number of nitrogens with zero attached hydrogens (tertiary/aromatic N) is 3. The summed E-state index contributed by atoms with van der Waals surface area (Å²) in [6.07, 6.45) is 1.65. The van der Waals surface area contributed by atoms with Crippen LogP contribution in [0.5, 0.6) is 0 Å². The average Bonchev–Trinajstić information content (AvgIpc) is 3.01. The highest BCUT2D eigenvalue weighted by Gasteiger charge is 2.27. The van der Waals surface area contributed by atoms with E-state index in [1.54, 1.807) is 6.20 Å². The molecular weight excluding hydrogens is 280 g/mol. The van der Waals surface area contributed by atoms with Gasteiger partial charge in [0, 0.05) is 24.7 Å². The Bertz CT molecular complexity index is 619. The summed E-state index contributed by atoms with van der Waals surface area (Å²) in [4.78, 5) is 16.0. The number of anilines is 2. The summed E-state index contributed by atoms with van der Waals surface area (Å²) < 4.78 is 6.23. The number of carbonyl (C=O) groups is 1. The van der Waals surface area contributed by atoms with Gasteiger partial charge in [0.25, 0.3) is 0 Å². The molecule has 0 aliphatic carbocycles. The number of methoxy groups -OCH3 is 1. The number of nitrogens with two attached hydrogens (primary N) is 1. The molecule has 0 bridgehead atoms. The Balaban J connectivity index is 2.02. The Hall–Kier alpha value is -2.13. The van der Waals surface area contributed by atoms with Crippen molar-refractivity contribution in [2.75, 3.05) is 31.2 Å². The van der Waals surface area contributed by atoms with Gasteiger partial charge in [-0.05, 0) is 0 Å². The number of ether oxygens (including phenoxy) is 1. The van der Waals surface area contributed by atoms with Gasteiger partial charge in [0.2, 0.25) is 5.13 Å². The molecule has 0 saturated carbocycles. The zero-order chi connectivity index (χ0) is 14.1. The van der Waals surface area contributed by atoms with Crippen LogP contribution in [0.4, 0.5) is 11.6 Å². The van der Waals surface area contributed by atoms with Crippen LogP contribution in [0.3, 0.4) is 0 Å². The zero-order valence-electron chi connectivity index (χ0n) is 10.8. The number of aromatic nitrogens is 3. The van der Waals surface area contributed by atoms with E-state index in [0.717, 1.165) is 13.1 Å². The van der Waals surface area contributed by atoms with Crippen LogP contribution < -0.4 is 16.4 Å². The van der Waals surface area contributed by atoms with Gasteiger partial charge in [0.05, 0.1) is 13.2 Å². The van der Waals surface area contributed by atoms with Crippen LogP contribution in [0.1, 0.15) is 10.4 Å². The number of nitrogen functional groups attached to an aromatic ring is 1. The second-order valence-electron chi connectivity index (χ2n) is 4.33. The van der Waals surface area contributed by atoms with Gasteiger partial charge in [-0.3, -0.25) is 0 Å². The quantitative estimate of drug-likeness (QED) is 0.685. The van der Waals surface area contributed by atoms with Crippen molar-refractivity contribution in [1.29, 1.82) is 0 Å². The fraction of sp³-hybridized carbons (Fsp3) is 0.364. The highest BCUT2D eigenvalue weighted by Crippen LogP contribution is 2.27. The molecule has 2 aromatic heterocycles. The second kappa shape index (κ2) is 5.10. The summed E-state index contributed by atoms with van der Waals surface area (Å²) in [7, 11) is 1.32. The first-order valence-electron chi connectivity index (χ1n) is 6.04. The lowest BCUT2D eigenvalue weighted by molar-refractivity contribution is 0.0603. The van der Waals surface area contributed by atoms with Crippen molar-refractivity contribution >= 4 is 28.9 Å². The summed E-state index contributed by atoms with van der Waals surface area (Å²) >= 11 is 1.39. The maximum absolute atomic E-state index is 11.9. The Morgan fingerprint density at radius 3 is 3.00 bits per heavy atom. The molecule has 0 amide bonds. The Kier molecular flexibility index (Phi) is 3.28. The van der Waals surface area contributed by atoms with E-state index < -0.39 is 5.97 Å². The van der Waals surface area contributed by atoms with Crippen LogP contribution in [-0.2, 0) is 4.74 Å². The number of hydrogen-bond donors (Lipinski definition) is 3. The van der Waals surface area contributed by atoms with Gasteiger partial charge in [0.15, 0.2) is 5.82 Å². The molecule has 0 spiro atoms. The minimum atomic E-state index is -0.514.